The summed E-state index contributed by atoms with van der Waals surface area (Å²) in [4.78, 5) is 12.3. The van der Waals surface area contributed by atoms with Gasteiger partial charge in [-0.2, -0.15) is 0 Å². The molecule has 6 heteroatoms. The number of carbonyl (C=O) groups is 1. The second-order valence-electron chi connectivity index (χ2n) is 5.34. The molecule has 0 spiro atoms. The van der Waals surface area contributed by atoms with E-state index in [1.807, 2.05) is 0 Å². The summed E-state index contributed by atoms with van der Waals surface area (Å²) in [6.07, 6.45) is 0.619. The average Bonchev–Trinajstić information content (AvgIpc) is 2.62. The topological polar surface area (TPSA) is 56.8 Å². The lowest BCUT2D eigenvalue weighted by Crippen LogP contribution is -2.26. The number of benzene rings is 2. The molecule has 0 saturated heterocycles. The molecule has 0 unspecified atom stereocenters. The molecule has 0 aromatic heterocycles. The second-order valence-corrected chi connectivity index (χ2v) is 5.34. The molecule has 1 N–H and O–H groups in total. The third-order valence-corrected chi connectivity index (χ3v) is 3.70. The van der Waals surface area contributed by atoms with Crippen LogP contribution in [-0.4, -0.2) is 32.8 Å². The maximum Gasteiger partial charge on any atom is 0.251 e. The molecule has 1 amide bonds. The molecule has 0 bridgehead atoms. The summed E-state index contributed by atoms with van der Waals surface area (Å²) in [5, 5.41) is 2.84. The first-order valence-corrected chi connectivity index (χ1v) is 7.67. The third kappa shape index (κ3) is 3.59. The lowest BCUT2D eigenvalue weighted by atomic mass is 10.1. The van der Waals surface area contributed by atoms with Crippen LogP contribution in [-0.2, 0) is 6.42 Å². The number of nitrogens with one attached hydrogen (secondary N) is 1. The van der Waals surface area contributed by atoms with E-state index in [-0.39, 0.29) is 11.7 Å². The quantitative estimate of drug-likeness (QED) is 0.915. The van der Waals surface area contributed by atoms with Crippen LogP contribution in [0.3, 0.4) is 0 Å². The highest BCUT2D eigenvalue weighted by molar-refractivity contribution is 5.95. The number of hydrogen-bond acceptors (Lipinski definition) is 4. The number of methoxy groups -OCH3 is 1. The van der Waals surface area contributed by atoms with E-state index in [0.717, 1.165) is 5.56 Å². The van der Waals surface area contributed by atoms with E-state index in [0.29, 0.717) is 49.0 Å². The fourth-order valence-electron chi connectivity index (χ4n) is 2.48. The van der Waals surface area contributed by atoms with E-state index in [1.165, 1.54) is 19.2 Å². The fraction of sp³-hybridized carbons (Fsp3) is 0.278. The summed E-state index contributed by atoms with van der Waals surface area (Å²) >= 11 is 0. The Bertz CT molecular complexity index is 713. The molecule has 1 heterocycles. The summed E-state index contributed by atoms with van der Waals surface area (Å²) < 4.78 is 29.2. The van der Waals surface area contributed by atoms with Gasteiger partial charge in [-0.05, 0) is 36.2 Å². The molecule has 1 aliphatic rings. The van der Waals surface area contributed by atoms with Crippen LogP contribution in [0.1, 0.15) is 15.9 Å². The maximum atomic E-state index is 12.9. The van der Waals surface area contributed by atoms with Crippen LogP contribution in [0.4, 0.5) is 4.39 Å². The Morgan fingerprint density at radius 2 is 1.96 bits per heavy atom. The van der Waals surface area contributed by atoms with Crippen LogP contribution in [0, 0.1) is 5.82 Å². The molecule has 0 fully saturated rings. The summed E-state index contributed by atoms with van der Waals surface area (Å²) in [7, 11) is 1.52. The summed E-state index contributed by atoms with van der Waals surface area (Å²) in [5.74, 6) is 0.991. The minimum absolute atomic E-state index is 0.229. The van der Waals surface area contributed by atoms with Crippen LogP contribution in [0.25, 0.3) is 0 Å². The summed E-state index contributed by atoms with van der Waals surface area (Å²) in [6, 6.07) is 9.49. The van der Waals surface area contributed by atoms with Gasteiger partial charge in [0.25, 0.3) is 5.91 Å². The van der Waals surface area contributed by atoms with E-state index in [1.54, 1.807) is 24.3 Å². The van der Waals surface area contributed by atoms with Crippen molar-refractivity contribution in [1.82, 2.24) is 5.32 Å². The third-order valence-electron chi connectivity index (χ3n) is 3.70. The molecule has 0 atom stereocenters. The molecule has 0 radical (unpaired) electrons. The minimum atomic E-state index is -0.272. The molecule has 1 aliphatic heterocycles. The van der Waals surface area contributed by atoms with Crippen molar-refractivity contribution in [3.8, 4) is 17.2 Å². The van der Waals surface area contributed by atoms with Crippen molar-refractivity contribution >= 4 is 5.91 Å². The van der Waals surface area contributed by atoms with Gasteiger partial charge in [-0.15, -0.1) is 0 Å². The number of amides is 1. The van der Waals surface area contributed by atoms with Gasteiger partial charge < -0.3 is 19.5 Å². The molecular weight excluding hydrogens is 313 g/mol. The first kappa shape index (κ1) is 16.1. The maximum absolute atomic E-state index is 12.9. The van der Waals surface area contributed by atoms with Gasteiger partial charge in [0.05, 0.1) is 7.11 Å². The van der Waals surface area contributed by atoms with Crippen molar-refractivity contribution in [3.05, 3.63) is 53.3 Å². The van der Waals surface area contributed by atoms with Gasteiger partial charge in [-0.1, -0.05) is 12.1 Å². The fourth-order valence-corrected chi connectivity index (χ4v) is 2.48. The molecular formula is C18H18FNO4. The minimum Gasteiger partial charge on any atom is -0.493 e. The molecule has 126 valence electrons. The van der Waals surface area contributed by atoms with Crippen molar-refractivity contribution < 1.29 is 23.4 Å². The number of rotatable bonds is 5. The SMILES string of the molecule is COc1cc(C(=O)NCCc2ccc(F)cc2)cc2c1OCCO2. The molecule has 2 aromatic carbocycles. The zero-order valence-electron chi connectivity index (χ0n) is 13.3. The first-order chi connectivity index (χ1) is 11.7. The molecule has 0 aliphatic carbocycles. The van der Waals surface area contributed by atoms with Crippen LogP contribution < -0.4 is 19.5 Å². The largest absolute Gasteiger partial charge is 0.493 e. The summed E-state index contributed by atoms with van der Waals surface area (Å²) in [5.41, 5.74) is 1.40. The van der Waals surface area contributed by atoms with Crippen LogP contribution in [0.5, 0.6) is 17.2 Å². The van der Waals surface area contributed by atoms with Crippen molar-refractivity contribution in [2.24, 2.45) is 0 Å². The van der Waals surface area contributed by atoms with Crippen molar-refractivity contribution in [1.29, 1.82) is 0 Å². The monoisotopic (exact) mass is 331 g/mol. The highest BCUT2D eigenvalue weighted by atomic mass is 19.1. The normalized spacial score (nSPS) is 12.6. The second kappa shape index (κ2) is 7.21. The first-order valence-electron chi connectivity index (χ1n) is 7.67. The Labute approximate surface area is 139 Å². The Morgan fingerprint density at radius 1 is 1.21 bits per heavy atom. The zero-order valence-corrected chi connectivity index (χ0v) is 13.3. The number of fused-ring (bicyclic) bond motifs is 1. The smallest absolute Gasteiger partial charge is 0.251 e. The number of halogens is 1. The molecule has 0 saturated carbocycles. The van der Waals surface area contributed by atoms with E-state index in [2.05, 4.69) is 5.32 Å². The number of ether oxygens (including phenoxy) is 3. The standard InChI is InChI=1S/C18H18FNO4/c1-22-15-10-13(11-16-17(15)24-9-8-23-16)18(21)20-7-6-12-2-4-14(19)5-3-12/h2-5,10-11H,6-9H2,1H3,(H,20,21). The van der Waals surface area contributed by atoms with Gasteiger partial charge in [-0.25, -0.2) is 4.39 Å². The lowest BCUT2D eigenvalue weighted by molar-refractivity contribution is 0.0952. The van der Waals surface area contributed by atoms with E-state index in [4.69, 9.17) is 14.2 Å². The van der Waals surface area contributed by atoms with Gasteiger partial charge in [0.1, 0.15) is 19.0 Å². The van der Waals surface area contributed by atoms with Gasteiger partial charge in [0.15, 0.2) is 11.5 Å². The molecule has 5 nitrogen and oxygen atoms in total. The predicted molar refractivity (Wildman–Crippen MR) is 86.4 cm³/mol. The Balaban J connectivity index is 1.65. The zero-order chi connectivity index (χ0) is 16.9. The van der Waals surface area contributed by atoms with Crippen LogP contribution >= 0.6 is 0 Å². The lowest BCUT2D eigenvalue weighted by Gasteiger charge is -2.21. The Hall–Kier alpha value is -2.76. The van der Waals surface area contributed by atoms with Crippen LogP contribution in [0.15, 0.2) is 36.4 Å². The van der Waals surface area contributed by atoms with Crippen molar-refractivity contribution in [3.63, 3.8) is 0 Å². The summed E-state index contributed by atoms with van der Waals surface area (Å²) in [6.45, 7) is 1.33. The van der Waals surface area contributed by atoms with Gasteiger partial charge in [-0.3, -0.25) is 4.79 Å². The average molecular weight is 331 g/mol. The van der Waals surface area contributed by atoms with Crippen LogP contribution in [0.2, 0.25) is 0 Å². The van der Waals surface area contributed by atoms with Gasteiger partial charge in [0, 0.05) is 12.1 Å². The van der Waals surface area contributed by atoms with Crippen molar-refractivity contribution in [2.45, 2.75) is 6.42 Å². The number of carbonyl (C=O) groups excluding carboxylic acids is 1. The molecule has 3 rings (SSSR count). The molecule has 24 heavy (non-hydrogen) atoms. The van der Waals surface area contributed by atoms with E-state index in [9.17, 15) is 9.18 Å². The highest BCUT2D eigenvalue weighted by Crippen LogP contribution is 2.40. The Kier molecular flexibility index (Phi) is 4.84. The Morgan fingerprint density at radius 3 is 2.71 bits per heavy atom. The predicted octanol–water partition coefficient (Wildman–Crippen LogP) is 2.58. The van der Waals surface area contributed by atoms with Gasteiger partial charge in [0.2, 0.25) is 5.75 Å². The van der Waals surface area contributed by atoms with Gasteiger partial charge >= 0.3 is 0 Å². The highest BCUT2D eigenvalue weighted by Gasteiger charge is 2.20. The number of hydrogen-bond donors (Lipinski definition) is 1. The van der Waals surface area contributed by atoms with E-state index >= 15 is 0 Å². The molecule has 2 aromatic rings. The van der Waals surface area contributed by atoms with Crippen molar-refractivity contribution in [2.75, 3.05) is 26.9 Å². The van der Waals surface area contributed by atoms with E-state index < -0.39 is 0 Å².